The van der Waals surface area contributed by atoms with E-state index in [4.69, 9.17) is 11.6 Å². The van der Waals surface area contributed by atoms with E-state index in [2.05, 4.69) is 14.9 Å². The molecule has 6 nitrogen and oxygen atoms in total. The number of rotatable bonds is 6. The van der Waals surface area contributed by atoms with Crippen LogP contribution in [0.1, 0.15) is 5.82 Å². The van der Waals surface area contributed by atoms with Gasteiger partial charge in [0, 0.05) is 25.9 Å². The van der Waals surface area contributed by atoms with Gasteiger partial charge in [-0.1, -0.05) is 0 Å². The molecule has 0 spiro atoms. The molecule has 0 saturated carbocycles. The van der Waals surface area contributed by atoms with Gasteiger partial charge < -0.3 is 4.57 Å². The molecule has 0 bridgehead atoms. The molecule has 0 atom stereocenters. The van der Waals surface area contributed by atoms with Crippen molar-refractivity contribution in [1.82, 2.24) is 19.5 Å². The smallest absolute Gasteiger partial charge is 0.212 e. The van der Waals surface area contributed by atoms with Crippen molar-refractivity contribution in [3.63, 3.8) is 0 Å². The molecule has 15 heavy (non-hydrogen) atoms. The van der Waals surface area contributed by atoms with Crippen molar-refractivity contribution in [2.75, 3.05) is 18.2 Å². The molecule has 86 valence electrons. The molecule has 0 aliphatic rings. The van der Waals surface area contributed by atoms with Gasteiger partial charge in [0.25, 0.3) is 0 Å². The summed E-state index contributed by atoms with van der Waals surface area (Å²) >= 11 is 5.34. The third-order valence-corrected chi connectivity index (χ3v) is 3.62. The number of nitrogens with one attached hydrogen (secondary N) is 1. The van der Waals surface area contributed by atoms with Crippen molar-refractivity contribution in [3.8, 4) is 0 Å². The van der Waals surface area contributed by atoms with Crippen LogP contribution in [0.25, 0.3) is 0 Å². The zero-order valence-corrected chi connectivity index (χ0v) is 9.92. The van der Waals surface area contributed by atoms with Crippen LogP contribution in [0.2, 0.25) is 0 Å². The van der Waals surface area contributed by atoms with Crippen LogP contribution in [0.3, 0.4) is 0 Å². The molecule has 1 rings (SSSR count). The highest BCUT2D eigenvalue weighted by Crippen LogP contribution is 1.93. The first-order chi connectivity index (χ1) is 7.05. The second-order valence-corrected chi connectivity index (χ2v) is 5.31. The highest BCUT2D eigenvalue weighted by Gasteiger charge is 2.09. The summed E-state index contributed by atoms with van der Waals surface area (Å²) in [5, 5.41) is 7.52. The first kappa shape index (κ1) is 12.4. The molecular formula is C7H13ClN4O2S. The van der Waals surface area contributed by atoms with Gasteiger partial charge in [-0.2, -0.15) is 0 Å². The maximum absolute atomic E-state index is 11.2. The first-order valence-electron chi connectivity index (χ1n) is 4.41. The fraction of sp³-hybridized carbons (Fsp3) is 0.714. The zero-order valence-electron chi connectivity index (χ0n) is 8.35. The summed E-state index contributed by atoms with van der Waals surface area (Å²) in [5.41, 5.74) is 0. The molecule has 0 radical (unpaired) electrons. The van der Waals surface area contributed by atoms with Gasteiger partial charge >= 0.3 is 0 Å². The second kappa shape index (κ2) is 5.43. The van der Waals surface area contributed by atoms with Crippen molar-refractivity contribution in [2.24, 2.45) is 7.05 Å². The third-order valence-electron chi connectivity index (χ3n) is 1.82. The summed E-state index contributed by atoms with van der Waals surface area (Å²) in [6, 6.07) is 0. The van der Waals surface area contributed by atoms with Crippen LogP contribution in [-0.2, 0) is 23.5 Å². The van der Waals surface area contributed by atoms with Gasteiger partial charge in [0.15, 0.2) is 0 Å². The lowest BCUT2D eigenvalue weighted by atomic mass is 10.4. The van der Waals surface area contributed by atoms with Crippen LogP contribution in [0.4, 0.5) is 0 Å². The number of halogens is 1. The minimum absolute atomic E-state index is 0.0621. The normalized spacial score (nSPS) is 11.9. The number of sulfonamides is 1. The Hall–Kier alpha value is -0.660. The van der Waals surface area contributed by atoms with Crippen LogP contribution in [0.15, 0.2) is 6.33 Å². The quantitative estimate of drug-likeness (QED) is 0.694. The van der Waals surface area contributed by atoms with Crippen LogP contribution >= 0.6 is 11.6 Å². The van der Waals surface area contributed by atoms with Crippen LogP contribution in [0.5, 0.6) is 0 Å². The summed E-state index contributed by atoms with van der Waals surface area (Å²) in [5.74, 6) is 0.774. The number of nitrogens with zero attached hydrogens (tertiary/aromatic N) is 3. The molecule has 0 unspecified atom stereocenters. The molecule has 0 aromatic carbocycles. The Balaban J connectivity index is 2.37. The predicted molar refractivity (Wildman–Crippen MR) is 57.2 cm³/mol. The van der Waals surface area contributed by atoms with E-state index in [0.29, 0.717) is 13.0 Å². The van der Waals surface area contributed by atoms with Crippen molar-refractivity contribution >= 4 is 21.6 Å². The summed E-state index contributed by atoms with van der Waals surface area (Å²) in [6.45, 7) is 0.311. The van der Waals surface area contributed by atoms with Crippen molar-refractivity contribution < 1.29 is 8.42 Å². The van der Waals surface area contributed by atoms with E-state index >= 15 is 0 Å². The minimum atomic E-state index is -3.24. The molecule has 1 aromatic heterocycles. The van der Waals surface area contributed by atoms with E-state index in [1.165, 1.54) is 0 Å². The summed E-state index contributed by atoms with van der Waals surface area (Å²) in [6.07, 6.45) is 2.08. The Morgan fingerprint density at radius 1 is 1.60 bits per heavy atom. The van der Waals surface area contributed by atoms with E-state index in [-0.39, 0.29) is 11.6 Å². The molecule has 1 N–H and O–H groups in total. The molecule has 8 heteroatoms. The van der Waals surface area contributed by atoms with Gasteiger partial charge in [-0.05, 0) is 0 Å². The van der Waals surface area contributed by atoms with Crippen molar-refractivity contribution in [1.29, 1.82) is 0 Å². The average Bonchev–Trinajstić information content (AvgIpc) is 2.51. The van der Waals surface area contributed by atoms with Gasteiger partial charge in [-0.3, -0.25) is 0 Å². The lowest BCUT2D eigenvalue weighted by molar-refractivity contribution is 0.581. The maximum atomic E-state index is 11.2. The molecule has 0 fully saturated rings. The summed E-state index contributed by atoms with van der Waals surface area (Å²) in [4.78, 5) is 0. The number of hydrogen-bond donors (Lipinski definition) is 1. The maximum Gasteiger partial charge on any atom is 0.212 e. The van der Waals surface area contributed by atoms with E-state index < -0.39 is 10.0 Å². The van der Waals surface area contributed by atoms with Gasteiger partial charge in [-0.25, -0.2) is 13.1 Å². The van der Waals surface area contributed by atoms with Gasteiger partial charge in [-0.15, -0.1) is 21.8 Å². The number of aryl methyl sites for hydroxylation is 1. The van der Waals surface area contributed by atoms with Crippen molar-refractivity contribution in [2.45, 2.75) is 6.42 Å². The summed E-state index contributed by atoms with van der Waals surface area (Å²) in [7, 11) is -1.43. The van der Waals surface area contributed by atoms with E-state index in [9.17, 15) is 8.42 Å². The topological polar surface area (TPSA) is 76.9 Å². The Morgan fingerprint density at radius 2 is 2.33 bits per heavy atom. The average molecular weight is 253 g/mol. The molecule has 0 amide bonds. The van der Waals surface area contributed by atoms with E-state index in [1.807, 2.05) is 7.05 Å². The van der Waals surface area contributed by atoms with Gasteiger partial charge in [0.1, 0.15) is 12.2 Å². The fourth-order valence-electron chi connectivity index (χ4n) is 1.03. The molecule has 1 heterocycles. The largest absolute Gasteiger partial charge is 0.321 e. The third kappa shape index (κ3) is 4.15. The molecule has 0 aliphatic carbocycles. The van der Waals surface area contributed by atoms with Crippen LogP contribution in [0, 0.1) is 0 Å². The van der Waals surface area contributed by atoms with E-state index in [0.717, 1.165) is 5.82 Å². The number of alkyl halides is 1. The highest BCUT2D eigenvalue weighted by molar-refractivity contribution is 7.89. The van der Waals surface area contributed by atoms with Crippen LogP contribution < -0.4 is 4.72 Å². The Bertz CT molecular complexity index is 403. The highest BCUT2D eigenvalue weighted by atomic mass is 35.5. The van der Waals surface area contributed by atoms with Crippen molar-refractivity contribution in [3.05, 3.63) is 12.2 Å². The van der Waals surface area contributed by atoms with Gasteiger partial charge in [0.05, 0.1) is 5.75 Å². The lowest BCUT2D eigenvalue weighted by Crippen LogP contribution is -2.29. The first-order valence-corrected chi connectivity index (χ1v) is 6.60. The van der Waals surface area contributed by atoms with Gasteiger partial charge in [0.2, 0.25) is 10.0 Å². The summed E-state index contributed by atoms with van der Waals surface area (Å²) < 4.78 is 26.6. The van der Waals surface area contributed by atoms with Crippen LogP contribution in [-0.4, -0.2) is 41.4 Å². The fourth-order valence-corrected chi connectivity index (χ4v) is 2.40. The molecule has 0 saturated heterocycles. The standard InChI is InChI=1S/C7H13ClN4O2S/c1-12-6-9-11-7(12)2-4-10-15(13,14)5-3-8/h6,10H,2-5H2,1H3. The zero-order chi connectivity index (χ0) is 11.3. The lowest BCUT2D eigenvalue weighted by Gasteiger charge is -2.04. The Morgan fingerprint density at radius 3 is 2.87 bits per heavy atom. The molecular weight excluding hydrogens is 240 g/mol. The SMILES string of the molecule is Cn1cnnc1CCNS(=O)(=O)CCCl. The molecule has 1 aromatic rings. The molecule has 0 aliphatic heterocycles. The van der Waals surface area contributed by atoms with E-state index in [1.54, 1.807) is 10.9 Å². The Kier molecular flexibility index (Phi) is 4.49. The number of hydrogen-bond acceptors (Lipinski definition) is 4. The Labute approximate surface area is 93.7 Å². The predicted octanol–water partition coefficient (Wildman–Crippen LogP) is -0.484. The number of aromatic nitrogens is 3. The second-order valence-electron chi connectivity index (χ2n) is 3.01. The minimum Gasteiger partial charge on any atom is -0.321 e. The monoisotopic (exact) mass is 252 g/mol.